The lowest BCUT2D eigenvalue weighted by atomic mass is 10.1. The summed E-state index contributed by atoms with van der Waals surface area (Å²) in [7, 11) is 0. The standard InChI is InChI=1S/C17H13FN2O2/c18-14-8-6-13(7-9-14)16-15(17(21)22)11-20(19-16)10-12-4-2-1-3-5-12/h1-9,11H,10H2,(H,21,22). The average Bonchev–Trinajstić information content (AvgIpc) is 2.93. The number of carboxylic acids is 1. The molecule has 2 aromatic carbocycles. The Bertz CT molecular complexity index is 795. The summed E-state index contributed by atoms with van der Waals surface area (Å²) in [5.41, 5.74) is 2.03. The monoisotopic (exact) mass is 296 g/mol. The summed E-state index contributed by atoms with van der Waals surface area (Å²) in [5.74, 6) is -1.43. The molecule has 0 unspecified atom stereocenters. The fourth-order valence-corrected chi connectivity index (χ4v) is 2.25. The number of nitrogens with zero attached hydrogens (tertiary/aromatic N) is 2. The number of rotatable bonds is 4. The molecule has 0 aliphatic heterocycles. The number of aromatic nitrogens is 2. The van der Waals surface area contributed by atoms with Crippen LogP contribution in [0.25, 0.3) is 11.3 Å². The van der Waals surface area contributed by atoms with Crippen molar-refractivity contribution in [2.24, 2.45) is 0 Å². The molecule has 0 fully saturated rings. The second kappa shape index (κ2) is 5.81. The van der Waals surface area contributed by atoms with Crippen LogP contribution in [0.4, 0.5) is 4.39 Å². The Labute approximate surface area is 126 Å². The lowest BCUT2D eigenvalue weighted by Crippen LogP contribution is -2.00. The molecular formula is C17H13FN2O2. The number of aromatic carboxylic acids is 1. The van der Waals surface area contributed by atoms with Gasteiger partial charge in [0.1, 0.15) is 17.1 Å². The van der Waals surface area contributed by atoms with Crippen molar-refractivity contribution in [3.63, 3.8) is 0 Å². The Balaban J connectivity index is 1.99. The van der Waals surface area contributed by atoms with Gasteiger partial charge >= 0.3 is 5.97 Å². The predicted molar refractivity (Wildman–Crippen MR) is 80.1 cm³/mol. The number of carbonyl (C=O) groups is 1. The second-order valence-electron chi connectivity index (χ2n) is 4.89. The summed E-state index contributed by atoms with van der Waals surface area (Å²) in [6.07, 6.45) is 1.49. The fraction of sp³-hybridized carbons (Fsp3) is 0.0588. The highest BCUT2D eigenvalue weighted by Gasteiger charge is 2.17. The zero-order valence-corrected chi connectivity index (χ0v) is 11.6. The van der Waals surface area contributed by atoms with E-state index in [1.807, 2.05) is 30.3 Å². The molecule has 0 spiro atoms. The fourth-order valence-electron chi connectivity index (χ4n) is 2.25. The number of hydrogen-bond acceptors (Lipinski definition) is 2. The van der Waals surface area contributed by atoms with Gasteiger partial charge in [-0.1, -0.05) is 30.3 Å². The lowest BCUT2D eigenvalue weighted by molar-refractivity contribution is 0.0697. The molecule has 3 aromatic rings. The van der Waals surface area contributed by atoms with Crippen LogP contribution in [0, 0.1) is 5.82 Å². The van der Waals surface area contributed by atoms with Crippen molar-refractivity contribution in [1.29, 1.82) is 0 Å². The first-order valence-corrected chi connectivity index (χ1v) is 6.74. The molecule has 0 radical (unpaired) electrons. The molecule has 3 rings (SSSR count). The minimum absolute atomic E-state index is 0.0996. The quantitative estimate of drug-likeness (QED) is 0.802. The van der Waals surface area contributed by atoms with E-state index < -0.39 is 5.97 Å². The van der Waals surface area contributed by atoms with Crippen molar-refractivity contribution in [3.05, 3.63) is 77.7 Å². The Kier molecular flexibility index (Phi) is 3.70. The average molecular weight is 296 g/mol. The number of benzene rings is 2. The van der Waals surface area contributed by atoms with Crippen molar-refractivity contribution >= 4 is 5.97 Å². The Hall–Kier alpha value is -2.95. The zero-order valence-electron chi connectivity index (χ0n) is 11.6. The molecule has 0 bridgehead atoms. The van der Waals surface area contributed by atoms with E-state index in [2.05, 4.69) is 5.10 Å². The van der Waals surface area contributed by atoms with E-state index in [9.17, 15) is 14.3 Å². The molecule has 1 heterocycles. The number of halogens is 1. The van der Waals surface area contributed by atoms with Crippen LogP contribution < -0.4 is 0 Å². The predicted octanol–water partition coefficient (Wildman–Crippen LogP) is 3.44. The first kappa shape index (κ1) is 14.0. The highest BCUT2D eigenvalue weighted by molar-refractivity contribution is 5.94. The number of carboxylic acid groups (broad SMARTS) is 1. The molecule has 0 amide bonds. The van der Waals surface area contributed by atoms with E-state index in [0.717, 1.165) is 5.56 Å². The van der Waals surface area contributed by atoms with Crippen LogP contribution in [0.15, 0.2) is 60.8 Å². The van der Waals surface area contributed by atoms with Gasteiger partial charge in [0.2, 0.25) is 0 Å². The third-order valence-corrected chi connectivity index (χ3v) is 3.30. The van der Waals surface area contributed by atoms with Gasteiger partial charge in [-0.3, -0.25) is 4.68 Å². The van der Waals surface area contributed by atoms with Crippen molar-refractivity contribution in [3.8, 4) is 11.3 Å². The molecule has 1 N–H and O–H groups in total. The molecular weight excluding hydrogens is 283 g/mol. The van der Waals surface area contributed by atoms with Crippen molar-refractivity contribution in [2.45, 2.75) is 6.54 Å². The second-order valence-corrected chi connectivity index (χ2v) is 4.89. The maximum atomic E-state index is 13.0. The van der Waals surface area contributed by atoms with E-state index in [-0.39, 0.29) is 11.4 Å². The van der Waals surface area contributed by atoms with Gasteiger partial charge in [-0.05, 0) is 29.8 Å². The van der Waals surface area contributed by atoms with E-state index in [4.69, 9.17) is 0 Å². The van der Waals surface area contributed by atoms with Gasteiger partial charge in [-0.25, -0.2) is 9.18 Å². The minimum Gasteiger partial charge on any atom is -0.478 e. The van der Waals surface area contributed by atoms with Gasteiger partial charge in [0.25, 0.3) is 0 Å². The Morgan fingerprint density at radius 1 is 1.09 bits per heavy atom. The summed E-state index contributed by atoms with van der Waals surface area (Å²) in [4.78, 5) is 11.4. The van der Waals surface area contributed by atoms with Gasteiger partial charge in [-0.2, -0.15) is 5.10 Å². The zero-order chi connectivity index (χ0) is 15.5. The van der Waals surface area contributed by atoms with Gasteiger partial charge < -0.3 is 5.11 Å². The molecule has 0 aliphatic carbocycles. The van der Waals surface area contributed by atoms with Crippen LogP contribution in [-0.2, 0) is 6.54 Å². The summed E-state index contributed by atoms with van der Waals surface area (Å²) in [5, 5.41) is 13.7. The summed E-state index contributed by atoms with van der Waals surface area (Å²) >= 11 is 0. The molecule has 5 heteroatoms. The van der Waals surface area contributed by atoms with Crippen LogP contribution in [0.3, 0.4) is 0 Å². The van der Waals surface area contributed by atoms with E-state index in [1.165, 1.54) is 30.5 Å². The van der Waals surface area contributed by atoms with Crippen molar-refractivity contribution in [1.82, 2.24) is 9.78 Å². The third-order valence-electron chi connectivity index (χ3n) is 3.30. The maximum absolute atomic E-state index is 13.0. The summed E-state index contributed by atoms with van der Waals surface area (Å²) in [6.45, 7) is 0.475. The van der Waals surface area contributed by atoms with E-state index in [0.29, 0.717) is 17.8 Å². The van der Waals surface area contributed by atoms with Crippen LogP contribution in [-0.4, -0.2) is 20.9 Å². The number of hydrogen-bond donors (Lipinski definition) is 1. The first-order chi connectivity index (χ1) is 10.6. The minimum atomic E-state index is -1.06. The molecule has 0 saturated heterocycles. The molecule has 0 atom stereocenters. The molecule has 0 aliphatic rings. The molecule has 0 saturated carbocycles. The van der Waals surface area contributed by atoms with Crippen molar-refractivity contribution < 1.29 is 14.3 Å². The van der Waals surface area contributed by atoms with Gasteiger partial charge in [-0.15, -0.1) is 0 Å². The maximum Gasteiger partial charge on any atom is 0.339 e. The molecule has 1 aromatic heterocycles. The van der Waals surface area contributed by atoms with Crippen molar-refractivity contribution in [2.75, 3.05) is 0 Å². The van der Waals surface area contributed by atoms with Crippen LogP contribution in [0.5, 0.6) is 0 Å². The van der Waals surface area contributed by atoms with Gasteiger partial charge in [0, 0.05) is 11.8 Å². The largest absolute Gasteiger partial charge is 0.478 e. The Morgan fingerprint density at radius 3 is 2.41 bits per heavy atom. The normalized spacial score (nSPS) is 10.6. The molecule has 110 valence electrons. The summed E-state index contributed by atoms with van der Waals surface area (Å²) < 4.78 is 14.6. The van der Waals surface area contributed by atoms with Gasteiger partial charge in [0.15, 0.2) is 0 Å². The topological polar surface area (TPSA) is 55.1 Å². The van der Waals surface area contributed by atoms with Crippen LogP contribution in [0.2, 0.25) is 0 Å². The van der Waals surface area contributed by atoms with E-state index >= 15 is 0 Å². The third kappa shape index (κ3) is 2.88. The first-order valence-electron chi connectivity index (χ1n) is 6.74. The highest BCUT2D eigenvalue weighted by atomic mass is 19.1. The molecule has 22 heavy (non-hydrogen) atoms. The smallest absolute Gasteiger partial charge is 0.339 e. The Morgan fingerprint density at radius 2 is 1.77 bits per heavy atom. The molecule has 4 nitrogen and oxygen atoms in total. The van der Waals surface area contributed by atoms with Crippen LogP contribution in [0.1, 0.15) is 15.9 Å². The lowest BCUT2D eigenvalue weighted by Gasteiger charge is -2.01. The summed E-state index contributed by atoms with van der Waals surface area (Å²) in [6, 6.07) is 15.3. The van der Waals surface area contributed by atoms with Crippen LogP contribution >= 0.6 is 0 Å². The van der Waals surface area contributed by atoms with E-state index in [1.54, 1.807) is 4.68 Å². The SMILES string of the molecule is O=C(O)c1cn(Cc2ccccc2)nc1-c1ccc(F)cc1. The highest BCUT2D eigenvalue weighted by Crippen LogP contribution is 2.23. The van der Waals surface area contributed by atoms with Gasteiger partial charge in [0.05, 0.1) is 6.54 Å².